The number of nitrogens with one attached hydrogen (secondary N) is 1. The summed E-state index contributed by atoms with van der Waals surface area (Å²) in [5.41, 5.74) is 7.19. The molecule has 3 N–H and O–H groups in total. The maximum atomic E-state index is 5.84. The number of hydrogen-bond acceptors (Lipinski definition) is 5. The number of H-pyrrole nitrogens is 1. The van der Waals surface area contributed by atoms with Gasteiger partial charge < -0.3 is 10.6 Å². The highest BCUT2D eigenvalue weighted by Crippen LogP contribution is 2.32. The van der Waals surface area contributed by atoms with Gasteiger partial charge in [0.1, 0.15) is 0 Å². The summed E-state index contributed by atoms with van der Waals surface area (Å²) in [6, 6.07) is 2.05. The molecule has 0 amide bonds. The second kappa shape index (κ2) is 5.46. The third-order valence-corrected chi connectivity index (χ3v) is 5.57. The quantitative estimate of drug-likeness (QED) is 0.887. The van der Waals surface area contributed by atoms with E-state index >= 15 is 0 Å². The van der Waals surface area contributed by atoms with Crippen LogP contribution in [0.3, 0.4) is 0 Å². The van der Waals surface area contributed by atoms with Gasteiger partial charge in [0.25, 0.3) is 0 Å². The molecule has 0 radical (unpaired) electrons. The van der Waals surface area contributed by atoms with E-state index in [9.17, 15) is 0 Å². The molecule has 1 saturated heterocycles. The Hall–Kier alpha value is -0.920. The highest BCUT2D eigenvalue weighted by atomic mass is 79.9. The van der Waals surface area contributed by atoms with Crippen LogP contribution in [0.25, 0.3) is 11.4 Å². The number of thiophene rings is 1. The Morgan fingerprint density at radius 1 is 1.50 bits per heavy atom. The van der Waals surface area contributed by atoms with Crippen LogP contribution in [-0.4, -0.2) is 34.8 Å². The summed E-state index contributed by atoms with van der Waals surface area (Å²) in [6.45, 7) is 4.95. The zero-order valence-electron chi connectivity index (χ0n) is 11.4. The summed E-state index contributed by atoms with van der Waals surface area (Å²) in [5, 5.41) is 9.44. The Morgan fingerprint density at radius 3 is 2.85 bits per heavy atom. The monoisotopic (exact) mass is 355 g/mol. The van der Waals surface area contributed by atoms with Crippen LogP contribution in [0.4, 0.5) is 5.95 Å². The van der Waals surface area contributed by atoms with E-state index < -0.39 is 0 Å². The molecule has 1 aliphatic rings. The van der Waals surface area contributed by atoms with Crippen LogP contribution in [-0.2, 0) is 0 Å². The molecule has 0 spiro atoms. The van der Waals surface area contributed by atoms with Crippen LogP contribution >= 0.6 is 27.3 Å². The number of anilines is 1. The van der Waals surface area contributed by atoms with Crippen molar-refractivity contribution in [2.45, 2.75) is 19.8 Å². The lowest BCUT2D eigenvalue weighted by Crippen LogP contribution is -2.42. The number of halogens is 1. The van der Waals surface area contributed by atoms with Gasteiger partial charge in [0.2, 0.25) is 5.95 Å². The molecule has 0 bridgehead atoms. The molecule has 2 aromatic heterocycles. The summed E-state index contributed by atoms with van der Waals surface area (Å²) in [5.74, 6) is 1.62. The van der Waals surface area contributed by atoms with Crippen LogP contribution in [0.1, 0.15) is 19.8 Å². The third kappa shape index (κ3) is 2.75. The molecule has 20 heavy (non-hydrogen) atoms. The fraction of sp³-hybridized carbons (Fsp3) is 0.538. The van der Waals surface area contributed by atoms with Crippen molar-refractivity contribution in [2.24, 2.45) is 11.1 Å². The van der Waals surface area contributed by atoms with E-state index in [1.165, 1.54) is 0 Å². The molecule has 2 aromatic rings. The Kier molecular flexibility index (Phi) is 3.83. The largest absolute Gasteiger partial charge is 0.339 e. The van der Waals surface area contributed by atoms with Gasteiger partial charge in [-0.2, -0.15) is 4.98 Å². The molecule has 3 rings (SSSR count). The smallest absolute Gasteiger partial charge is 0.245 e. The normalized spacial score (nSPS) is 18.4. The van der Waals surface area contributed by atoms with Crippen molar-refractivity contribution in [1.82, 2.24) is 15.2 Å². The summed E-state index contributed by atoms with van der Waals surface area (Å²) < 4.78 is 1.10. The first-order valence-corrected chi connectivity index (χ1v) is 8.39. The molecule has 0 aliphatic carbocycles. The van der Waals surface area contributed by atoms with Crippen molar-refractivity contribution in [3.8, 4) is 11.4 Å². The Bertz CT molecular complexity index is 585. The minimum absolute atomic E-state index is 0.272. The molecule has 0 saturated carbocycles. The van der Waals surface area contributed by atoms with E-state index in [0.29, 0.717) is 0 Å². The molecule has 108 valence electrons. The van der Waals surface area contributed by atoms with E-state index in [1.807, 2.05) is 0 Å². The summed E-state index contributed by atoms with van der Waals surface area (Å²) in [4.78, 5) is 6.84. The van der Waals surface area contributed by atoms with Crippen molar-refractivity contribution < 1.29 is 0 Å². The number of nitrogens with two attached hydrogens (primary N) is 1. The summed E-state index contributed by atoms with van der Waals surface area (Å²) in [7, 11) is 0. The fourth-order valence-corrected chi connectivity index (χ4v) is 3.55. The number of rotatable bonds is 3. The van der Waals surface area contributed by atoms with Crippen LogP contribution < -0.4 is 10.6 Å². The number of nitrogens with zero attached hydrogens (tertiary/aromatic N) is 3. The van der Waals surface area contributed by atoms with Crippen LogP contribution in [0.5, 0.6) is 0 Å². The molecular weight excluding hydrogens is 338 g/mol. The molecule has 5 nitrogen and oxygen atoms in total. The highest BCUT2D eigenvalue weighted by Gasteiger charge is 2.30. The predicted molar refractivity (Wildman–Crippen MR) is 86.0 cm³/mol. The molecule has 0 atom stereocenters. The lowest BCUT2D eigenvalue weighted by molar-refractivity contribution is 0.257. The molecule has 0 unspecified atom stereocenters. The second-order valence-electron chi connectivity index (χ2n) is 5.63. The highest BCUT2D eigenvalue weighted by molar-refractivity contribution is 9.11. The van der Waals surface area contributed by atoms with E-state index in [1.54, 1.807) is 11.3 Å². The minimum atomic E-state index is 0.272. The number of aromatic amines is 1. The van der Waals surface area contributed by atoms with Gasteiger partial charge in [-0.3, -0.25) is 5.10 Å². The van der Waals surface area contributed by atoms with Crippen LogP contribution in [0, 0.1) is 5.41 Å². The first kappa shape index (κ1) is 14.0. The number of aromatic nitrogens is 3. The average Bonchev–Trinajstić information content (AvgIpc) is 3.08. The van der Waals surface area contributed by atoms with Crippen LogP contribution in [0.15, 0.2) is 15.2 Å². The van der Waals surface area contributed by atoms with Crippen molar-refractivity contribution in [1.29, 1.82) is 0 Å². The molecule has 0 aromatic carbocycles. The van der Waals surface area contributed by atoms with Gasteiger partial charge in [-0.1, -0.05) is 6.92 Å². The van der Waals surface area contributed by atoms with Crippen molar-refractivity contribution in [2.75, 3.05) is 24.5 Å². The number of piperidine rings is 1. The van der Waals surface area contributed by atoms with E-state index in [4.69, 9.17) is 5.73 Å². The maximum Gasteiger partial charge on any atom is 0.245 e. The third-order valence-electron chi connectivity index (χ3n) is 4.06. The van der Waals surface area contributed by atoms with Gasteiger partial charge in [-0.25, -0.2) is 0 Å². The van der Waals surface area contributed by atoms with E-state index in [2.05, 4.69) is 54.4 Å². The Labute approximate surface area is 130 Å². The first-order valence-electron chi connectivity index (χ1n) is 6.71. The fourth-order valence-electron chi connectivity index (χ4n) is 2.41. The molecular formula is C13H18BrN5S. The van der Waals surface area contributed by atoms with Crippen molar-refractivity contribution in [3.05, 3.63) is 15.2 Å². The zero-order chi connectivity index (χ0) is 14.2. The second-order valence-corrected chi connectivity index (χ2v) is 7.92. The summed E-state index contributed by atoms with van der Waals surface area (Å²) in [6.07, 6.45) is 2.19. The SMILES string of the molecule is CC1(CN)CCN(c2n[nH]c(-c3csc(Br)c3)n2)CC1. The van der Waals surface area contributed by atoms with Gasteiger partial charge in [-0.15, -0.1) is 16.4 Å². The van der Waals surface area contributed by atoms with E-state index in [0.717, 1.165) is 53.6 Å². The van der Waals surface area contributed by atoms with Gasteiger partial charge in [-0.05, 0) is 46.8 Å². The predicted octanol–water partition coefficient (Wildman–Crippen LogP) is 2.86. The van der Waals surface area contributed by atoms with Crippen molar-refractivity contribution >= 4 is 33.2 Å². The zero-order valence-corrected chi connectivity index (χ0v) is 13.8. The Balaban J connectivity index is 1.72. The van der Waals surface area contributed by atoms with Gasteiger partial charge in [0.15, 0.2) is 5.82 Å². The van der Waals surface area contributed by atoms with E-state index in [-0.39, 0.29) is 5.41 Å². The van der Waals surface area contributed by atoms with Gasteiger partial charge in [0.05, 0.1) is 3.79 Å². The van der Waals surface area contributed by atoms with Crippen LogP contribution in [0.2, 0.25) is 0 Å². The average molecular weight is 356 g/mol. The lowest BCUT2D eigenvalue weighted by atomic mass is 9.81. The minimum Gasteiger partial charge on any atom is -0.339 e. The topological polar surface area (TPSA) is 70.8 Å². The maximum absolute atomic E-state index is 5.84. The molecule has 7 heteroatoms. The lowest BCUT2D eigenvalue weighted by Gasteiger charge is -2.38. The summed E-state index contributed by atoms with van der Waals surface area (Å²) >= 11 is 5.12. The standard InChI is InChI=1S/C13H18BrN5S/c1-13(8-15)2-4-19(5-3-13)12-16-11(17-18-12)9-6-10(14)20-7-9/h6-7H,2-5,8,15H2,1H3,(H,16,17,18). The molecule has 1 aliphatic heterocycles. The van der Waals surface area contributed by atoms with Crippen molar-refractivity contribution in [3.63, 3.8) is 0 Å². The first-order chi connectivity index (χ1) is 9.59. The number of hydrogen-bond donors (Lipinski definition) is 2. The Morgan fingerprint density at radius 2 is 2.25 bits per heavy atom. The molecule has 1 fully saturated rings. The van der Waals surface area contributed by atoms with Gasteiger partial charge >= 0.3 is 0 Å². The molecule has 3 heterocycles. The van der Waals surface area contributed by atoms with Gasteiger partial charge in [0, 0.05) is 24.0 Å².